The molecule has 18 heavy (non-hydrogen) atoms. The molecule has 0 aliphatic carbocycles. The Labute approximate surface area is 112 Å². The molecule has 2 atom stereocenters. The van der Waals surface area contributed by atoms with Crippen LogP contribution in [0.2, 0.25) is 0 Å². The van der Waals surface area contributed by atoms with E-state index < -0.39 is 11.5 Å². The van der Waals surface area contributed by atoms with Crippen LogP contribution in [0, 0.1) is 11.3 Å². The fourth-order valence-electron chi connectivity index (χ4n) is 1.88. The number of aliphatic hydroxyl groups is 1. The van der Waals surface area contributed by atoms with Crippen molar-refractivity contribution < 1.29 is 14.6 Å². The summed E-state index contributed by atoms with van der Waals surface area (Å²) in [6.45, 7) is 9.86. The zero-order chi connectivity index (χ0) is 14.2. The summed E-state index contributed by atoms with van der Waals surface area (Å²) < 4.78 is 5.19. The SMILES string of the molecule is CCCC[C@H](CCC)[C@@H](O)COC(=O)C(C)(C)C. The summed E-state index contributed by atoms with van der Waals surface area (Å²) in [4.78, 5) is 11.6. The normalized spacial score (nSPS) is 15.2. The number of carbonyl (C=O) groups excluding carboxylic acids is 1. The van der Waals surface area contributed by atoms with E-state index >= 15 is 0 Å². The van der Waals surface area contributed by atoms with Crippen molar-refractivity contribution in [2.45, 2.75) is 72.8 Å². The lowest BCUT2D eigenvalue weighted by Crippen LogP contribution is -2.31. The molecule has 0 rings (SSSR count). The third kappa shape index (κ3) is 7.00. The van der Waals surface area contributed by atoms with Gasteiger partial charge >= 0.3 is 5.97 Å². The Kier molecular flexibility index (Phi) is 8.25. The van der Waals surface area contributed by atoms with Crippen LogP contribution in [0.5, 0.6) is 0 Å². The van der Waals surface area contributed by atoms with Crippen molar-refractivity contribution in [2.24, 2.45) is 11.3 Å². The number of rotatable bonds is 8. The van der Waals surface area contributed by atoms with E-state index in [-0.39, 0.29) is 18.5 Å². The van der Waals surface area contributed by atoms with Crippen LogP contribution < -0.4 is 0 Å². The summed E-state index contributed by atoms with van der Waals surface area (Å²) in [5.74, 6) is 0.00927. The molecule has 0 saturated heterocycles. The quantitative estimate of drug-likeness (QED) is 0.677. The van der Waals surface area contributed by atoms with E-state index in [0.717, 1.165) is 32.1 Å². The maximum atomic E-state index is 11.6. The Hall–Kier alpha value is -0.570. The third-order valence-electron chi connectivity index (χ3n) is 3.13. The number of ether oxygens (including phenoxy) is 1. The average molecular weight is 258 g/mol. The largest absolute Gasteiger partial charge is 0.463 e. The van der Waals surface area contributed by atoms with Gasteiger partial charge in [0.1, 0.15) is 6.61 Å². The molecule has 0 bridgehead atoms. The lowest BCUT2D eigenvalue weighted by atomic mass is 9.92. The topological polar surface area (TPSA) is 46.5 Å². The fourth-order valence-corrected chi connectivity index (χ4v) is 1.88. The summed E-state index contributed by atoms with van der Waals surface area (Å²) in [5.41, 5.74) is -0.497. The second kappa shape index (κ2) is 8.52. The highest BCUT2D eigenvalue weighted by Gasteiger charge is 2.25. The van der Waals surface area contributed by atoms with Crippen LogP contribution in [0.3, 0.4) is 0 Å². The van der Waals surface area contributed by atoms with Gasteiger partial charge in [-0.25, -0.2) is 0 Å². The van der Waals surface area contributed by atoms with Gasteiger partial charge in [-0.15, -0.1) is 0 Å². The first-order valence-electron chi connectivity index (χ1n) is 7.18. The smallest absolute Gasteiger partial charge is 0.311 e. The van der Waals surface area contributed by atoms with Crippen LogP contribution in [-0.4, -0.2) is 23.8 Å². The first-order valence-corrected chi connectivity index (χ1v) is 7.18. The highest BCUT2D eigenvalue weighted by molar-refractivity contribution is 5.75. The number of hydrogen-bond acceptors (Lipinski definition) is 3. The standard InChI is InChI=1S/C15H30O3/c1-6-8-10-12(9-7-2)13(16)11-18-14(17)15(3,4)5/h12-13,16H,6-11H2,1-5H3/t12-,13-/m0/s1. The highest BCUT2D eigenvalue weighted by atomic mass is 16.5. The number of unbranched alkanes of at least 4 members (excludes halogenated alkanes) is 1. The van der Waals surface area contributed by atoms with Crippen LogP contribution in [0.1, 0.15) is 66.7 Å². The molecule has 0 aliphatic rings. The van der Waals surface area contributed by atoms with Gasteiger partial charge in [0.25, 0.3) is 0 Å². The molecule has 3 heteroatoms. The molecule has 0 spiro atoms. The van der Waals surface area contributed by atoms with Gasteiger partial charge in [-0.1, -0.05) is 33.1 Å². The first kappa shape index (κ1) is 17.4. The number of aliphatic hydroxyl groups excluding tert-OH is 1. The summed E-state index contributed by atoms with van der Waals surface area (Å²) >= 11 is 0. The zero-order valence-corrected chi connectivity index (χ0v) is 12.7. The van der Waals surface area contributed by atoms with Gasteiger partial charge in [0, 0.05) is 0 Å². The molecule has 0 saturated carbocycles. The van der Waals surface area contributed by atoms with E-state index in [2.05, 4.69) is 13.8 Å². The molecule has 3 nitrogen and oxygen atoms in total. The highest BCUT2D eigenvalue weighted by Crippen LogP contribution is 2.21. The van der Waals surface area contributed by atoms with E-state index in [1.165, 1.54) is 0 Å². The number of carbonyl (C=O) groups is 1. The van der Waals surface area contributed by atoms with E-state index in [4.69, 9.17) is 4.74 Å². The van der Waals surface area contributed by atoms with Crippen molar-refractivity contribution in [3.8, 4) is 0 Å². The maximum absolute atomic E-state index is 11.6. The Bertz CT molecular complexity index is 230. The second-order valence-electron chi connectivity index (χ2n) is 6.11. The van der Waals surface area contributed by atoms with Crippen molar-refractivity contribution in [3.05, 3.63) is 0 Å². The maximum Gasteiger partial charge on any atom is 0.311 e. The molecule has 108 valence electrons. The van der Waals surface area contributed by atoms with Crippen LogP contribution in [0.25, 0.3) is 0 Å². The Morgan fingerprint density at radius 2 is 1.78 bits per heavy atom. The van der Waals surface area contributed by atoms with Crippen molar-refractivity contribution in [1.82, 2.24) is 0 Å². The molecule has 0 aromatic rings. The lowest BCUT2D eigenvalue weighted by molar-refractivity contribution is -0.157. The van der Waals surface area contributed by atoms with Crippen molar-refractivity contribution in [3.63, 3.8) is 0 Å². The second-order valence-corrected chi connectivity index (χ2v) is 6.11. The van der Waals surface area contributed by atoms with Crippen molar-refractivity contribution >= 4 is 5.97 Å². The van der Waals surface area contributed by atoms with Gasteiger partial charge in [0.15, 0.2) is 0 Å². The van der Waals surface area contributed by atoms with Crippen LogP contribution in [0.4, 0.5) is 0 Å². The van der Waals surface area contributed by atoms with Gasteiger partial charge in [-0.05, 0) is 39.5 Å². The molecule has 0 fully saturated rings. The summed E-state index contributed by atoms with van der Waals surface area (Å²) in [7, 11) is 0. The van der Waals surface area contributed by atoms with Crippen molar-refractivity contribution in [1.29, 1.82) is 0 Å². The van der Waals surface area contributed by atoms with E-state index in [0.29, 0.717) is 0 Å². The minimum atomic E-state index is -0.525. The summed E-state index contributed by atoms with van der Waals surface area (Å²) in [5, 5.41) is 10.1. The molecule has 0 aromatic heterocycles. The molecular formula is C15H30O3. The predicted molar refractivity (Wildman–Crippen MR) is 74.3 cm³/mol. The van der Waals surface area contributed by atoms with Gasteiger partial charge in [-0.2, -0.15) is 0 Å². The summed E-state index contributed by atoms with van der Waals surface area (Å²) in [6, 6.07) is 0. The molecule has 0 amide bonds. The Morgan fingerprint density at radius 3 is 2.22 bits per heavy atom. The molecule has 1 N–H and O–H groups in total. The van der Waals surface area contributed by atoms with Gasteiger partial charge < -0.3 is 9.84 Å². The van der Waals surface area contributed by atoms with Crippen molar-refractivity contribution in [2.75, 3.05) is 6.61 Å². The summed E-state index contributed by atoms with van der Waals surface area (Å²) in [6.07, 6.45) is 4.79. The number of esters is 1. The minimum Gasteiger partial charge on any atom is -0.463 e. The molecule has 0 unspecified atom stereocenters. The molecule has 0 radical (unpaired) electrons. The van der Waals surface area contributed by atoms with E-state index in [9.17, 15) is 9.90 Å². The minimum absolute atomic E-state index is 0.129. The van der Waals surface area contributed by atoms with Gasteiger partial charge in [-0.3, -0.25) is 4.79 Å². The van der Waals surface area contributed by atoms with E-state index in [1.54, 1.807) is 0 Å². The van der Waals surface area contributed by atoms with Crippen LogP contribution in [0.15, 0.2) is 0 Å². The Balaban J connectivity index is 4.16. The third-order valence-corrected chi connectivity index (χ3v) is 3.13. The van der Waals surface area contributed by atoms with Crippen LogP contribution in [-0.2, 0) is 9.53 Å². The monoisotopic (exact) mass is 258 g/mol. The molecule has 0 aliphatic heterocycles. The predicted octanol–water partition coefficient (Wildman–Crippen LogP) is 3.54. The average Bonchev–Trinajstić information content (AvgIpc) is 2.29. The van der Waals surface area contributed by atoms with Gasteiger partial charge in [0.05, 0.1) is 11.5 Å². The fraction of sp³-hybridized carbons (Fsp3) is 0.933. The van der Waals surface area contributed by atoms with Crippen LogP contribution >= 0.6 is 0 Å². The van der Waals surface area contributed by atoms with Gasteiger partial charge in [0.2, 0.25) is 0 Å². The molecule has 0 heterocycles. The molecular weight excluding hydrogens is 228 g/mol. The zero-order valence-electron chi connectivity index (χ0n) is 12.7. The lowest BCUT2D eigenvalue weighted by Gasteiger charge is -2.24. The number of hydrogen-bond donors (Lipinski definition) is 1. The van der Waals surface area contributed by atoms with E-state index in [1.807, 2.05) is 20.8 Å². The Morgan fingerprint density at radius 1 is 1.17 bits per heavy atom. The first-order chi connectivity index (χ1) is 8.32. The molecule has 0 aromatic carbocycles.